The van der Waals surface area contributed by atoms with Crippen LogP contribution in [0.2, 0.25) is 0 Å². The maximum atomic E-state index is 4.89. The van der Waals surface area contributed by atoms with Gasteiger partial charge in [0.25, 0.3) is 22.6 Å². The number of hydrogen-bond donors (Lipinski definition) is 0. The van der Waals surface area contributed by atoms with Gasteiger partial charge in [0, 0.05) is 41.1 Å². The van der Waals surface area contributed by atoms with Crippen molar-refractivity contribution < 1.29 is 18.1 Å². The Balaban J connectivity index is 0.000000111. The smallest absolute Gasteiger partial charge is 0.255 e. The van der Waals surface area contributed by atoms with E-state index < -0.39 is 0 Å². The molecule has 0 radical (unpaired) electrons. The van der Waals surface area contributed by atoms with Crippen molar-refractivity contribution in [1.82, 2.24) is 37.7 Å². The maximum absolute atomic E-state index is 4.89. The van der Waals surface area contributed by atoms with E-state index in [1.165, 1.54) is 199 Å². The first-order valence-corrected chi connectivity index (χ1v) is 42.2. The summed E-state index contributed by atoms with van der Waals surface area (Å²) in [6.45, 7) is 45.3. The molecule has 8 aromatic carbocycles. The summed E-state index contributed by atoms with van der Waals surface area (Å²) in [7, 11) is 8.71. The van der Waals surface area contributed by atoms with Gasteiger partial charge in [-0.2, -0.15) is 17.6 Å². The number of pyridine rings is 8. The number of aromatic nitrogens is 12. The zero-order chi connectivity index (χ0) is 81.8. The Kier molecular flexibility index (Phi) is 19.3. The number of nitrogens with zero attached hydrogens (tertiary/aromatic N) is 12. The molecule has 20 rings (SSSR count). The molecule has 0 N–H and O–H groups in total. The molecule has 0 aliphatic rings. The predicted octanol–water partition coefficient (Wildman–Crippen LogP) is 24.7. The van der Waals surface area contributed by atoms with E-state index in [1.54, 1.807) is 0 Å². The third kappa shape index (κ3) is 11.9. The van der Waals surface area contributed by atoms with E-state index in [4.69, 9.17) is 19.9 Å². The molecule has 12 heterocycles. The summed E-state index contributed by atoms with van der Waals surface area (Å²) in [5, 5.41) is 10.0. The highest BCUT2D eigenvalue weighted by atomic mass is 15.1. The van der Waals surface area contributed by atoms with Gasteiger partial charge in [0.05, 0.1) is 82.6 Å². The number of aryl methyl sites for hydroxylation is 8. The van der Waals surface area contributed by atoms with Crippen LogP contribution in [0.4, 0.5) is 0 Å². The Hall–Kier alpha value is -11.8. The third-order valence-corrected chi connectivity index (χ3v) is 25.4. The second-order valence-corrected chi connectivity index (χ2v) is 35.4. The second-order valence-electron chi connectivity index (χ2n) is 35.4. The quantitative estimate of drug-likeness (QED) is 0.112. The lowest BCUT2D eigenvalue weighted by atomic mass is 9.87. The molecule has 0 unspecified atom stereocenters. The van der Waals surface area contributed by atoms with Crippen molar-refractivity contribution in [3.63, 3.8) is 0 Å². The molecule has 0 atom stereocenters. The Bertz CT molecular complexity index is 7350. The number of hydrogen-bond acceptors (Lipinski definition) is 4. The molecule has 0 aliphatic carbocycles. The van der Waals surface area contributed by atoms with Gasteiger partial charge in [-0.25, -0.2) is 18.3 Å². The molecular formula is C104H112N12+4. The fourth-order valence-corrected chi connectivity index (χ4v) is 19.5. The van der Waals surface area contributed by atoms with Crippen LogP contribution in [0.3, 0.4) is 0 Å². The third-order valence-electron chi connectivity index (χ3n) is 25.4. The largest absolute Gasteiger partial charge is 0.297 e. The van der Waals surface area contributed by atoms with Crippen LogP contribution in [0.15, 0.2) is 195 Å². The lowest BCUT2D eigenvalue weighted by Crippen LogP contribution is -2.27. The minimum atomic E-state index is 0.424. The summed E-state index contributed by atoms with van der Waals surface area (Å²) in [6.07, 6.45) is 7.79. The molecule has 0 saturated heterocycles. The van der Waals surface area contributed by atoms with Crippen molar-refractivity contribution in [1.29, 1.82) is 0 Å². The molecule has 0 bridgehead atoms. The molecule has 116 heavy (non-hydrogen) atoms. The molecule has 12 heteroatoms. The van der Waals surface area contributed by atoms with E-state index in [0.717, 1.165) is 22.1 Å². The Morgan fingerprint density at radius 1 is 0.276 bits per heavy atom. The van der Waals surface area contributed by atoms with E-state index in [9.17, 15) is 0 Å². The van der Waals surface area contributed by atoms with Crippen LogP contribution in [-0.2, 0) is 28.2 Å². The molecule has 584 valence electrons. The van der Waals surface area contributed by atoms with Crippen molar-refractivity contribution in [2.75, 3.05) is 0 Å². The maximum Gasteiger partial charge on any atom is 0.297 e. The van der Waals surface area contributed by atoms with Crippen LogP contribution in [0, 0.1) is 27.7 Å². The number of fused-ring (bicyclic) bond motifs is 32. The van der Waals surface area contributed by atoms with Gasteiger partial charge in [-0.1, -0.05) is 178 Å². The normalized spacial score (nSPS) is 12.4. The Labute approximate surface area is 681 Å². The number of para-hydroxylation sites is 4. The van der Waals surface area contributed by atoms with Crippen LogP contribution in [0.1, 0.15) is 225 Å². The van der Waals surface area contributed by atoms with Gasteiger partial charge in [0.1, 0.15) is 22.1 Å². The fourth-order valence-electron chi connectivity index (χ4n) is 19.5. The van der Waals surface area contributed by atoms with E-state index in [2.05, 4.69) is 372 Å². The highest BCUT2D eigenvalue weighted by Gasteiger charge is 2.33. The van der Waals surface area contributed by atoms with Crippen LogP contribution >= 0.6 is 0 Å². The molecule has 0 aliphatic heterocycles. The summed E-state index contributed by atoms with van der Waals surface area (Å²) in [6, 6.07) is 62.5. The number of rotatable bonds is 8. The van der Waals surface area contributed by atoms with Crippen molar-refractivity contribution in [3.05, 3.63) is 261 Å². The summed E-state index contributed by atoms with van der Waals surface area (Å²) in [5.41, 5.74) is 40.6. The average molecular weight is 1530 g/mol. The number of benzene rings is 8. The standard InChI is InChI=1S/4C26H28N3/c1-15(2)18-10-11-20-22(14-18)28(6)26-23-17(5)12-13-27-25(23)24-19(16(3)4)8-7-9-21(24)29(20)26;1-15(2)18-10-11-20-22(14-18)29-21-9-7-8-19(16(3)4)24(21)25-23(26(29)28(20)6)17(5)12-13-27-25;1-15(2)18-13-20-23(14-19(18)16(3)4)29-22-10-8-7-9-21(22)28(6)26(29)24-17(5)11-12-27-25(20)24;1-15(2)18-11-12-19-24-23(17(5)13-14-27-24)26-28(6)20-9-7-8-10-21(20)29(26)25(19)22(18)16(3)4/h4*7-16H,1-6H3/q4*+1. The minimum Gasteiger partial charge on any atom is -0.255 e. The molecule has 12 nitrogen and oxygen atoms in total. The van der Waals surface area contributed by atoms with Crippen molar-refractivity contribution in [2.24, 2.45) is 28.2 Å². The topological polar surface area (TPSA) is 85.5 Å². The summed E-state index contributed by atoms with van der Waals surface area (Å²) in [5.74, 6) is 3.72. The van der Waals surface area contributed by atoms with E-state index in [1.807, 2.05) is 24.8 Å². The summed E-state index contributed by atoms with van der Waals surface area (Å²) < 4.78 is 19.2. The van der Waals surface area contributed by atoms with Crippen LogP contribution < -0.4 is 18.1 Å². The molecule has 0 fully saturated rings. The van der Waals surface area contributed by atoms with E-state index in [0.29, 0.717) is 47.3 Å². The van der Waals surface area contributed by atoms with E-state index in [-0.39, 0.29) is 0 Å². The Morgan fingerprint density at radius 3 is 1.21 bits per heavy atom. The lowest BCUT2D eigenvalue weighted by molar-refractivity contribution is -0.617. The molecule has 0 spiro atoms. The second kappa shape index (κ2) is 29.2. The van der Waals surface area contributed by atoms with Crippen LogP contribution in [-0.4, -0.2) is 37.7 Å². The first-order chi connectivity index (χ1) is 55.6. The predicted molar refractivity (Wildman–Crippen MR) is 487 cm³/mol. The zero-order valence-corrected chi connectivity index (χ0v) is 72.5. The fraction of sp³-hybridized carbons (Fsp3) is 0.308. The van der Waals surface area contributed by atoms with E-state index >= 15 is 0 Å². The highest BCUT2D eigenvalue weighted by Crippen LogP contribution is 2.43. The molecular weight excluding hydrogens is 1420 g/mol. The molecule has 0 amide bonds. The van der Waals surface area contributed by atoms with Gasteiger partial charge in [0.15, 0.2) is 44.1 Å². The molecule has 12 aromatic heterocycles. The number of imidazole rings is 4. The average Bonchev–Trinajstić information content (AvgIpc) is 1.53. The molecule has 0 saturated carbocycles. The summed E-state index contributed by atoms with van der Waals surface area (Å²) in [4.78, 5) is 19.5. The molecule has 20 aromatic rings. The van der Waals surface area contributed by atoms with Crippen molar-refractivity contribution >= 4 is 154 Å². The lowest BCUT2D eigenvalue weighted by Gasteiger charge is -2.18. The first-order valence-electron chi connectivity index (χ1n) is 42.2. The first kappa shape index (κ1) is 76.8. The van der Waals surface area contributed by atoms with Crippen LogP contribution in [0.5, 0.6) is 0 Å². The van der Waals surface area contributed by atoms with Crippen molar-refractivity contribution in [3.8, 4) is 0 Å². The Morgan fingerprint density at radius 2 is 0.681 bits per heavy atom. The van der Waals surface area contributed by atoms with Crippen LogP contribution in [0.25, 0.3) is 154 Å². The minimum absolute atomic E-state index is 0.424. The SMILES string of the molecule is Cc1ccnc2c3c(C(C)C)cccc3[n+]3c4ccc(C(C)C)cc4n(C)c3c12.Cc1ccnc2c3c(C(C)C)cccc3n3c4cc(C(C)C)ccc4[n+](C)c3c12.Cc1ccnc2c3cc(C(C)C)c(C(C)C)cc3n3c4ccccc4[n+](C)c3c12.Cc1ccnc2c3ccc(C(C)C)c(C(C)C)c3n3c4ccccc4[n+](C)c3c12. The van der Waals surface area contributed by atoms with Gasteiger partial charge in [-0.05, 0) is 239 Å². The van der Waals surface area contributed by atoms with Gasteiger partial charge < -0.3 is 0 Å². The van der Waals surface area contributed by atoms with Gasteiger partial charge in [-0.3, -0.25) is 19.9 Å². The zero-order valence-electron chi connectivity index (χ0n) is 72.5. The monoisotopic (exact) mass is 1530 g/mol. The van der Waals surface area contributed by atoms with Gasteiger partial charge >= 0.3 is 0 Å². The summed E-state index contributed by atoms with van der Waals surface area (Å²) >= 11 is 0. The van der Waals surface area contributed by atoms with Gasteiger partial charge in [-0.15, -0.1) is 0 Å². The van der Waals surface area contributed by atoms with Crippen molar-refractivity contribution in [2.45, 2.75) is 186 Å². The van der Waals surface area contributed by atoms with Gasteiger partial charge in [0.2, 0.25) is 0 Å². The highest BCUT2D eigenvalue weighted by molar-refractivity contribution is 6.16.